The molecule has 7 nitrogen and oxygen atoms in total. The van der Waals surface area contributed by atoms with Crippen molar-refractivity contribution in [3.8, 4) is 0 Å². The molecule has 0 saturated carbocycles. The lowest BCUT2D eigenvalue weighted by Crippen LogP contribution is -2.29. The molecule has 33 heavy (non-hydrogen) atoms. The molecule has 0 atom stereocenters. The van der Waals surface area contributed by atoms with Crippen LogP contribution in [0.5, 0.6) is 0 Å². The molecule has 0 aliphatic carbocycles. The van der Waals surface area contributed by atoms with Crippen molar-refractivity contribution >= 4 is 44.9 Å². The second kappa shape index (κ2) is 10.5. The van der Waals surface area contributed by atoms with Crippen LogP contribution in [0.1, 0.15) is 33.2 Å². The molecule has 0 heterocycles. The van der Waals surface area contributed by atoms with Crippen LogP contribution in [0.15, 0.2) is 72.8 Å². The third-order valence-electron chi connectivity index (χ3n) is 4.71. The molecular formula is C24H23ClN2O5S. The number of benzene rings is 3. The highest BCUT2D eigenvalue weighted by Crippen LogP contribution is 2.24. The zero-order valence-electron chi connectivity index (χ0n) is 18.1. The number of halogens is 1. The third-order valence-corrected chi connectivity index (χ3v) is 6.16. The van der Waals surface area contributed by atoms with Crippen molar-refractivity contribution in [3.05, 3.63) is 94.5 Å². The zero-order chi connectivity index (χ0) is 24.0. The quantitative estimate of drug-likeness (QED) is 0.464. The summed E-state index contributed by atoms with van der Waals surface area (Å²) in [6.07, 6.45) is 1.14. The maximum absolute atomic E-state index is 12.6. The first-order chi connectivity index (χ1) is 15.7. The van der Waals surface area contributed by atoms with Gasteiger partial charge in [-0.25, -0.2) is 13.2 Å². The number of esters is 1. The van der Waals surface area contributed by atoms with Gasteiger partial charge in [-0.1, -0.05) is 41.9 Å². The van der Waals surface area contributed by atoms with Crippen LogP contribution in [0.4, 0.5) is 11.4 Å². The SMILES string of the molecule is CCOC(=O)c1ccc(NC(=O)c2ccc(N(Cc3ccccc3)S(C)(=O)=O)cc2)cc1Cl. The molecule has 1 N–H and O–H groups in total. The van der Waals surface area contributed by atoms with Gasteiger partial charge < -0.3 is 10.1 Å². The molecule has 0 unspecified atom stereocenters. The Morgan fingerprint density at radius 3 is 2.24 bits per heavy atom. The smallest absolute Gasteiger partial charge is 0.339 e. The summed E-state index contributed by atoms with van der Waals surface area (Å²) in [4.78, 5) is 24.5. The second-order valence-electron chi connectivity index (χ2n) is 7.17. The molecule has 0 spiro atoms. The summed E-state index contributed by atoms with van der Waals surface area (Å²) in [6.45, 7) is 2.10. The van der Waals surface area contributed by atoms with Gasteiger partial charge in [-0.3, -0.25) is 9.10 Å². The van der Waals surface area contributed by atoms with Gasteiger partial charge in [0, 0.05) is 11.3 Å². The highest BCUT2D eigenvalue weighted by molar-refractivity contribution is 7.92. The van der Waals surface area contributed by atoms with E-state index in [4.69, 9.17) is 16.3 Å². The van der Waals surface area contributed by atoms with Gasteiger partial charge in [-0.15, -0.1) is 0 Å². The molecule has 9 heteroatoms. The lowest BCUT2D eigenvalue weighted by atomic mass is 10.1. The fourth-order valence-electron chi connectivity index (χ4n) is 3.10. The van der Waals surface area contributed by atoms with E-state index < -0.39 is 21.9 Å². The number of rotatable bonds is 8. The average molecular weight is 487 g/mol. The van der Waals surface area contributed by atoms with Crippen LogP contribution in [0, 0.1) is 0 Å². The first kappa shape index (κ1) is 24.3. The molecule has 3 rings (SSSR count). The van der Waals surface area contributed by atoms with Gasteiger partial charge in [0.1, 0.15) is 0 Å². The van der Waals surface area contributed by atoms with Gasteiger partial charge >= 0.3 is 5.97 Å². The summed E-state index contributed by atoms with van der Waals surface area (Å²) in [5.74, 6) is -0.947. The van der Waals surface area contributed by atoms with Gasteiger partial charge in [-0.2, -0.15) is 0 Å². The fourth-order valence-corrected chi connectivity index (χ4v) is 4.24. The Balaban J connectivity index is 1.75. The van der Waals surface area contributed by atoms with E-state index in [0.29, 0.717) is 16.9 Å². The predicted octanol–water partition coefficient (Wildman–Crippen LogP) is 4.74. The summed E-state index contributed by atoms with van der Waals surface area (Å²) >= 11 is 6.14. The van der Waals surface area contributed by atoms with Gasteiger partial charge in [0.05, 0.1) is 35.7 Å². The number of anilines is 2. The number of carbonyl (C=O) groups excluding carboxylic acids is 2. The van der Waals surface area contributed by atoms with Gasteiger partial charge in [0.2, 0.25) is 10.0 Å². The van der Waals surface area contributed by atoms with Crippen LogP contribution in [-0.2, 0) is 21.3 Å². The normalized spacial score (nSPS) is 11.0. The van der Waals surface area contributed by atoms with Crippen molar-refractivity contribution in [1.29, 1.82) is 0 Å². The molecule has 3 aromatic carbocycles. The lowest BCUT2D eigenvalue weighted by Gasteiger charge is -2.22. The van der Waals surface area contributed by atoms with Crippen molar-refractivity contribution in [1.82, 2.24) is 0 Å². The Hall–Kier alpha value is -3.36. The summed E-state index contributed by atoms with van der Waals surface area (Å²) in [5.41, 5.74) is 2.23. The summed E-state index contributed by atoms with van der Waals surface area (Å²) in [6, 6.07) is 20.0. The van der Waals surface area contributed by atoms with Crippen molar-refractivity contribution in [2.75, 3.05) is 22.5 Å². The number of amides is 1. The Morgan fingerprint density at radius 2 is 1.67 bits per heavy atom. The largest absolute Gasteiger partial charge is 0.462 e. The van der Waals surface area contributed by atoms with Crippen molar-refractivity contribution in [2.45, 2.75) is 13.5 Å². The Morgan fingerprint density at radius 1 is 1.00 bits per heavy atom. The van der Waals surface area contributed by atoms with Crippen LogP contribution >= 0.6 is 11.6 Å². The molecule has 0 aliphatic heterocycles. The first-order valence-electron chi connectivity index (χ1n) is 10.1. The molecule has 1 amide bonds. The first-order valence-corrected chi connectivity index (χ1v) is 12.3. The van der Waals surface area contributed by atoms with E-state index in [1.165, 1.54) is 16.4 Å². The van der Waals surface area contributed by atoms with Gasteiger partial charge in [0.15, 0.2) is 0 Å². The maximum atomic E-state index is 12.6. The van der Waals surface area contributed by atoms with E-state index in [2.05, 4.69) is 5.32 Å². The lowest BCUT2D eigenvalue weighted by molar-refractivity contribution is 0.0526. The number of nitrogens with zero attached hydrogens (tertiary/aromatic N) is 1. The molecule has 172 valence electrons. The Bertz CT molecular complexity index is 1250. The molecule has 0 bridgehead atoms. The average Bonchev–Trinajstić information content (AvgIpc) is 2.78. The number of sulfonamides is 1. The summed E-state index contributed by atoms with van der Waals surface area (Å²) in [7, 11) is -3.54. The van der Waals surface area contributed by atoms with Crippen molar-refractivity contribution in [3.63, 3.8) is 0 Å². The number of ether oxygens (including phenoxy) is 1. The van der Waals surface area contributed by atoms with Crippen molar-refractivity contribution < 1.29 is 22.7 Å². The van der Waals surface area contributed by atoms with E-state index in [1.54, 1.807) is 37.3 Å². The predicted molar refractivity (Wildman–Crippen MR) is 129 cm³/mol. The molecule has 0 fully saturated rings. The fraction of sp³-hybridized carbons (Fsp3) is 0.167. The van der Waals surface area contributed by atoms with Crippen LogP contribution < -0.4 is 9.62 Å². The molecule has 0 aliphatic rings. The van der Waals surface area contributed by atoms with Gasteiger partial charge in [-0.05, 0) is 55.0 Å². The highest BCUT2D eigenvalue weighted by atomic mass is 35.5. The van der Waals surface area contributed by atoms with Crippen LogP contribution in [-0.4, -0.2) is 33.2 Å². The van der Waals surface area contributed by atoms with Crippen molar-refractivity contribution in [2.24, 2.45) is 0 Å². The molecule has 0 saturated heterocycles. The van der Waals surface area contributed by atoms with E-state index in [1.807, 2.05) is 30.3 Å². The molecular weight excluding hydrogens is 464 g/mol. The topological polar surface area (TPSA) is 92.8 Å². The Kier molecular flexibility index (Phi) is 7.73. The minimum atomic E-state index is -3.54. The minimum absolute atomic E-state index is 0.159. The number of hydrogen-bond acceptors (Lipinski definition) is 5. The van der Waals surface area contributed by atoms with E-state index >= 15 is 0 Å². The van der Waals surface area contributed by atoms with E-state index in [0.717, 1.165) is 11.8 Å². The number of nitrogens with one attached hydrogen (secondary N) is 1. The number of hydrogen-bond donors (Lipinski definition) is 1. The summed E-state index contributed by atoms with van der Waals surface area (Å²) in [5, 5.41) is 2.87. The molecule has 0 radical (unpaired) electrons. The van der Waals surface area contributed by atoms with Crippen LogP contribution in [0.25, 0.3) is 0 Å². The number of carbonyl (C=O) groups is 2. The Labute approximate surface area is 198 Å². The second-order valence-corrected chi connectivity index (χ2v) is 9.49. The minimum Gasteiger partial charge on any atom is -0.462 e. The van der Waals surface area contributed by atoms with Gasteiger partial charge in [0.25, 0.3) is 5.91 Å². The van der Waals surface area contributed by atoms with Crippen LogP contribution in [0.2, 0.25) is 5.02 Å². The zero-order valence-corrected chi connectivity index (χ0v) is 19.7. The molecule has 3 aromatic rings. The monoisotopic (exact) mass is 486 g/mol. The van der Waals surface area contributed by atoms with Crippen LogP contribution in [0.3, 0.4) is 0 Å². The van der Waals surface area contributed by atoms with E-state index in [9.17, 15) is 18.0 Å². The van der Waals surface area contributed by atoms with E-state index in [-0.39, 0.29) is 23.7 Å². The molecule has 0 aromatic heterocycles. The standard InChI is InChI=1S/C24H23ClN2O5S/c1-3-32-24(29)21-14-11-19(15-22(21)25)26-23(28)18-9-12-20(13-10-18)27(33(2,30)31)16-17-7-5-4-6-8-17/h4-15H,3,16H2,1-2H3,(H,26,28). The highest BCUT2D eigenvalue weighted by Gasteiger charge is 2.19. The summed E-state index contributed by atoms with van der Waals surface area (Å²) < 4.78 is 30.9. The maximum Gasteiger partial charge on any atom is 0.339 e. The third kappa shape index (κ3) is 6.34.